The molecule has 1 aliphatic rings. The number of benzene rings is 2. The van der Waals surface area contributed by atoms with E-state index in [0.29, 0.717) is 28.6 Å². The minimum absolute atomic E-state index is 0.185. The highest BCUT2D eigenvalue weighted by atomic mass is 79.9. The van der Waals surface area contributed by atoms with Gasteiger partial charge in [-0.2, -0.15) is 0 Å². The van der Waals surface area contributed by atoms with Crippen LogP contribution < -0.4 is 4.74 Å². The molecule has 1 saturated heterocycles. The number of hydrogen-bond acceptors (Lipinski definition) is 3. The SMILES string of the molecule is Cc1ccc(OCC2COC(CBr)(c3ccc(Cl)cc3Cl)O2)cc1. The molecule has 0 spiro atoms. The monoisotopic (exact) mass is 430 g/mol. The molecule has 0 aromatic heterocycles. The van der Waals surface area contributed by atoms with Crippen molar-refractivity contribution >= 4 is 39.1 Å². The van der Waals surface area contributed by atoms with Crippen LogP contribution in [0, 0.1) is 6.92 Å². The zero-order chi connectivity index (χ0) is 17.2. The van der Waals surface area contributed by atoms with Crippen LogP contribution in [0.15, 0.2) is 42.5 Å². The maximum atomic E-state index is 6.32. The van der Waals surface area contributed by atoms with Gasteiger partial charge < -0.3 is 14.2 Å². The van der Waals surface area contributed by atoms with E-state index in [1.807, 2.05) is 37.3 Å². The third-order valence-electron chi connectivity index (χ3n) is 3.83. The lowest BCUT2D eigenvalue weighted by molar-refractivity contribution is -0.159. The lowest BCUT2D eigenvalue weighted by atomic mass is 10.1. The van der Waals surface area contributed by atoms with Gasteiger partial charge in [0.15, 0.2) is 0 Å². The van der Waals surface area contributed by atoms with Crippen molar-refractivity contribution < 1.29 is 14.2 Å². The Morgan fingerprint density at radius 3 is 2.62 bits per heavy atom. The molecule has 1 heterocycles. The number of alkyl halides is 1. The van der Waals surface area contributed by atoms with E-state index in [1.54, 1.807) is 12.1 Å². The molecule has 1 fully saturated rings. The van der Waals surface area contributed by atoms with Gasteiger partial charge in [0.2, 0.25) is 5.79 Å². The molecule has 2 aromatic rings. The number of hydrogen-bond donors (Lipinski definition) is 0. The van der Waals surface area contributed by atoms with Crippen LogP contribution in [0.1, 0.15) is 11.1 Å². The normalized spacial score (nSPS) is 23.4. The molecular formula is C18H17BrCl2O3. The third-order valence-corrected chi connectivity index (χ3v) is 5.12. The van der Waals surface area contributed by atoms with Crippen LogP contribution in [0.5, 0.6) is 5.75 Å². The predicted octanol–water partition coefficient (Wildman–Crippen LogP) is 5.34. The van der Waals surface area contributed by atoms with E-state index < -0.39 is 5.79 Å². The van der Waals surface area contributed by atoms with E-state index in [1.165, 1.54) is 5.56 Å². The van der Waals surface area contributed by atoms with Gasteiger partial charge in [0.25, 0.3) is 0 Å². The van der Waals surface area contributed by atoms with Crippen LogP contribution in [0.4, 0.5) is 0 Å². The second-order valence-corrected chi connectivity index (χ2v) is 7.09. The second kappa shape index (κ2) is 7.63. The molecule has 3 nitrogen and oxygen atoms in total. The van der Waals surface area contributed by atoms with E-state index in [2.05, 4.69) is 15.9 Å². The topological polar surface area (TPSA) is 27.7 Å². The van der Waals surface area contributed by atoms with Crippen molar-refractivity contribution in [2.24, 2.45) is 0 Å². The molecule has 2 aromatic carbocycles. The second-order valence-electron chi connectivity index (χ2n) is 5.69. The number of rotatable bonds is 5. The molecule has 128 valence electrons. The molecule has 0 amide bonds. The van der Waals surface area contributed by atoms with Gasteiger partial charge in [-0.3, -0.25) is 0 Å². The Morgan fingerprint density at radius 2 is 1.96 bits per heavy atom. The summed E-state index contributed by atoms with van der Waals surface area (Å²) < 4.78 is 17.9. The molecule has 3 rings (SSSR count). The van der Waals surface area contributed by atoms with Crippen molar-refractivity contribution in [1.82, 2.24) is 0 Å². The van der Waals surface area contributed by atoms with Crippen LogP contribution in [-0.2, 0) is 15.3 Å². The molecular weight excluding hydrogens is 415 g/mol. The first kappa shape index (κ1) is 18.0. The van der Waals surface area contributed by atoms with Crippen molar-refractivity contribution in [3.05, 3.63) is 63.6 Å². The minimum atomic E-state index is -0.928. The number of aryl methyl sites for hydroxylation is 1. The smallest absolute Gasteiger partial charge is 0.206 e. The molecule has 0 saturated carbocycles. The van der Waals surface area contributed by atoms with Gasteiger partial charge in [-0.25, -0.2) is 0 Å². The Morgan fingerprint density at radius 1 is 1.21 bits per heavy atom. The average molecular weight is 432 g/mol. The molecule has 6 heteroatoms. The first-order valence-corrected chi connectivity index (χ1v) is 9.43. The van der Waals surface area contributed by atoms with Crippen molar-refractivity contribution in [2.45, 2.75) is 18.8 Å². The van der Waals surface area contributed by atoms with E-state index in [9.17, 15) is 0 Å². The predicted molar refractivity (Wildman–Crippen MR) is 99.4 cm³/mol. The van der Waals surface area contributed by atoms with E-state index >= 15 is 0 Å². The highest BCUT2D eigenvalue weighted by Gasteiger charge is 2.44. The number of ether oxygens (including phenoxy) is 3. The van der Waals surface area contributed by atoms with Gasteiger partial charge in [-0.1, -0.05) is 62.9 Å². The summed E-state index contributed by atoms with van der Waals surface area (Å²) in [6, 6.07) is 13.2. The minimum Gasteiger partial charge on any atom is -0.491 e. The van der Waals surface area contributed by atoms with Crippen molar-refractivity contribution in [3.8, 4) is 5.75 Å². The van der Waals surface area contributed by atoms with Crippen LogP contribution in [0.25, 0.3) is 0 Å². The average Bonchev–Trinajstić information content (AvgIpc) is 2.99. The fraction of sp³-hybridized carbons (Fsp3) is 0.333. The molecule has 0 N–H and O–H groups in total. The quantitative estimate of drug-likeness (QED) is 0.597. The Bertz CT molecular complexity index is 708. The third kappa shape index (κ3) is 3.89. The van der Waals surface area contributed by atoms with E-state index in [0.717, 1.165) is 11.3 Å². The summed E-state index contributed by atoms with van der Waals surface area (Å²) in [5, 5.41) is 1.55. The van der Waals surface area contributed by atoms with Crippen molar-refractivity contribution in [2.75, 3.05) is 18.5 Å². The highest BCUT2D eigenvalue weighted by molar-refractivity contribution is 9.09. The van der Waals surface area contributed by atoms with Gasteiger partial charge in [-0.05, 0) is 31.2 Å². The fourth-order valence-corrected chi connectivity index (χ4v) is 3.70. The molecule has 1 aliphatic heterocycles. The summed E-state index contributed by atoms with van der Waals surface area (Å²) in [5.41, 5.74) is 1.95. The molecule has 2 atom stereocenters. The summed E-state index contributed by atoms with van der Waals surface area (Å²) >= 11 is 15.8. The van der Waals surface area contributed by atoms with Gasteiger partial charge in [0, 0.05) is 10.6 Å². The van der Waals surface area contributed by atoms with Gasteiger partial charge >= 0.3 is 0 Å². The maximum Gasteiger partial charge on any atom is 0.206 e. The van der Waals surface area contributed by atoms with Gasteiger partial charge in [-0.15, -0.1) is 0 Å². The van der Waals surface area contributed by atoms with Gasteiger partial charge in [0.05, 0.1) is 17.0 Å². The van der Waals surface area contributed by atoms with Crippen molar-refractivity contribution in [1.29, 1.82) is 0 Å². The van der Waals surface area contributed by atoms with Gasteiger partial charge in [0.1, 0.15) is 18.5 Å². The summed E-state index contributed by atoms with van der Waals surface area (Å²) in [6.45, 7) is 2.87. The summed E-state index contributed by atoms with van der Waals surface area (Å²) in [6.07, 6.45) is -0.185. The van der Waals surface area contributed by atoms with E-state index in [-0.39, 0.29) is 6.10 Å². The van der Waals surface area contributed by atoms with Crippen LogP contribution >= 0.6 is 39.1 Å². The first-order chi connectivity index (χ1) is 11.5. The Hall–Kier alpha value is -0.780. The fourth-order valence-electron chi connectivity index (χ4n) is 2.55. The molecule has 0 radical (unpaired) electrons. The maximum absolute atomic E-state index is 6.32. The first-order valence-electron chi connectivity index (χ1n) is 7.55. The Labute approximate surface area is 159 Å². The summed E-state index contributed by atoms with van der Waals surface area (Å²) in [7, 11) is 0. The Kier molecular flexibility index (Phi) is 5.73. The lowest BCUT2D eigenvalue weighted by Crippen LogP contribution is -2.31. The Balaban J connectivity index is 1.68. The van der Waals surface area contributed by atoms with E-state index in [4.69, 9.17) is 37.4 Å². The standard InChI is InChI=1S/C18H17BrCl2O3/c1-12-2-5-14(6-3-12)22-9-15-10-23-18(11-19,24-15)16-7-4-13(20)8-17(16)21/h2-8,15H,9-11H2,1H3. The zero-order valence-electron chi connectivity index (χ0n) is 13.1. The van der Waals surface area contributed by atoms with Crippen LogP contribution in [0.2, 0.25) is 10.0 Å². The van der Waals surface area contributed by atoms with Crippen LogP contribution in [-0.4, -0.2) is 24.6 Å². The number of halogens is 3. The summed E-state index contributed by atoms with van der Waals surface area (Å²) in [4.78, 5) is 0. The zero-order valence-corrected chi connectivity index (χ0v) is 16.2. The summed E-state index contributed by atoms with van der Waals surface area (Å²) in [5.74, 6) is -0.117. The molecule has 2 unspecified atom stereocenters. The van der Waals surface area contributed by atoms with Crippen LogP contribution in [0.3, 0.4) is 0 Å². The molecule has 0 aliphatic carbocycles. The molecule has 24 heavy (non-hydrogen) atoms. The largest absolute Gasteiger partial charge is 0.491 e. The molecule has 0 bridgehead atoms. The van der Waals surface area contributed by atoms with Crippen molar-refractivity contribution in [3.63, 3.8) is 0 Å². The lowest BCUT2D eigenvalue weighted by Gasteiger charge is -2.27. The highest BCUT2D eigenvalue weighted by Crippen LogP contribution is 2.40.